The summed E-state index contributed by atoms with van der Waals surface area (Å²) in [7, 11) is 0. The Bertz CT molecular complexity index is 1360. The van der Waals surface area contributed by atoms with E-state index in [1.54, 1.807) is 0 Å². The van der Waals surface area contributed by atoms with Crippen LogP contribution in [-0.2, 0) is 9.47 Å². The van der Waals surface area contributed by atoms with E-state index in [1.807, 2.05) is 6.33 Å². The highest BCUT2D eigenvalue weighted by Gasteiger charge is 2.17. The molecule has 0 unspecified atom stereocenters. The lowest BCUT2D eigenvalue weighted by atomic mass is 10.2. The third-order valence-corrected chi connectivity index (χ3v) is 6.98. The van der Waals surface area contributed by atoms with Crippen molar-refractivity contribution in [2.24, 2.45) is 0 Å². The fraction of sp³-hybridized carbons (Fsp3) is 0.393. The zero-order chi connectivity index (χ0) is 25.9. The van der Waals surface area contributed by atoms with Gasteiger partial charge in [0.05, 0.1) is 32.8 Å². The van der Waals surface area contributed by atoms with Crippen LogP contribution in [0.5, 0.6) is 0 Å². The summed E-state index contributed by atoms with van der Waals surface area (Å²) in [4.78, 5) is 19.0. The topological polar surface area (TPSA) is 92.6 Å². The second-order valence-corrected chi connectivity index (χ2v) is 9.86. The molecule has 0 aliphatic carbocycles. The first kappa shape index (κ1) is 24.4. The van der Waals surface area contributed by atoms with E-state index >= 15 is 0 Å². The van der Waals surface area contributed by atoms with Crippen LogP contribution in [0, 0.1) is 0 Å². The first-order chi connectivity index (χ1) is 18.6. The molecule has 2 aromatic heterocycles. The minimum absolute atomic E-state index is 0.219. The number of fused-ring (bicyclic) bond motifs is 1. The van der Waals surface area contributed by atoms with Gasteiger partial charge < -0.3 is 34.5 Å². The van der Waals surface area contributed by atoms with Crippen LogP contribution in [0.25, 0.3) is 11.2 Å². The van der Waals surface area contributed by atoms with Crippen LogP contribution in [-0.4, -0.2) is 72.1 Å². The monoisotopic (exact) mass is 514 g/mol. The SMILES string of the molecule is CC(C)n1cnc2c(Nc3ccc(N4CCOCC4)cc3)nc(Nc3ccc(N4CCOCC4)cc3)nc21. The molecule has 10 heteroatoms. The second kappa shape index (κ2) is 10.8. The summed E-state index contributed by atoms with van der Waals surface area (Å²) in [6.45, 7) is 11.0. The van der Waals surface area contributed by atoms with Gasteiger partial charge in [-0.25, -0.2) is 4.98 Å². The van der Waals surface area contributed by atoms with Gasteiger partial charge in [-0.15, -0.1) is 0 Å². The number of anilines is 6. The molecule has 0 spiro atoms. The molecule has 0 bridgehead atoms. The van der Waals surface area contributed by atoms with Gasteiger partial charge in [0.15, 0.2) is 17.0 Å². The second-order valence-electron chi connectivity index (χ2n) is 9.86. The highest BCUT2D eigenvalue weighted by atomic mass is 16.5. The molecule has 0 saturated carbocycles. The lowest BCUT2D eigenvalue weighted by Gasteiger charge is -2.29. The first-order valence-electron chi connectivity index (χ1n) is 13.3. The van der Waals surface area contributed by atoms with Crippen LogP contribution in [0.1, 0.15) is 19.9 Å². The number of benzene rings is 2. The van der Waals surface area contributed by atoms with Crippen molar-refractivity contribution in [1.82, 2.24) is 19.5 Å². The molecule has 2 aromatic carbocycles. The van der Waals surface area contributed by atoms with Crippen molar-refractivity contribution < 1.29 is 9.47 Å². The molecular weight excluding hydrogens is 480 g/mol. The Morgan fingerprint density at radius 3 is 1.76 bits per heavy atom. The molecule has 38 heavy (non-hydrogen) atoms. The standard InChI is InChI=1S/C28H34N8O2/c1-20(2)36-19-29-25-26(30-21-3-7-23(8-4-21)34-11-15-37-16-12-34)32-28(33-27(25)36)31-22-5-9-24(10-6-22)35-13-17-38-18-14-35/h3-10,19-20H,11-18H2,1-2H3,(H2,30,31,32,33). The quantitative estimate of drug-likeness (QED) is 0.368. The van der Waals surface area contributed by atoms with Crippen molar-refractivity contribution in [2.45, 2.75) is 19.9 Å². The van der Waals surface area contributed by atoms with Crippen molar-refractivity contribution in [2.75, 3.05) is 73.0 Å². The average Bonchev–Trinajstić information content (AvgIpc) is 3.40. The van der Waals surface area contributed by atoms with Crippen molar-refractivity contribution in [3.63, 3.8) is 0 Å². The van der Waals surface area contributed by atoms with Crippen LogP contribution >= 0.6 is 0 Å². The summed E-state index contributed by atoms with van der Waals surface area (Å²) >= 11 is 0. The fourth-order valence-corrected chi connectivity index (χ4v) is 4.86. The predicted molar refractivity (Wildman–Crippen MR) is 151 cm³/mol. The van der Waals surface area contributed by atoms with Crippen molar-refractivity contribution >= 4 is 45.7 Å². The minimum Gasteiger partial charge on any atom is -0.378 e. The molecule has 2 aliphatic rings. The van der Waals surface area contributed by atoms with Crippen LogP contribution < -0.4 is 20.4 Å². The van der Waals surface area contributed by atoms with Gasteiger partial charge in [-0.1, -0.05) is 0 Å². The maximum atomic E-state index is 5.48. The number of nitrogens with one attached hydrogen (secondary N) is 2. The van der Waals surface area contributed by atoms with Crippen molar-refractivity contribution in [3.8, 4) is 0 Å². The molecule has 2 N–H and O–H groups in total. The number of hydrogen-bond acceptors (Lipinski definition) is 9. The average molecular weight is 515 g/mol. The number of ether oxygens (including phenoxy) is 2. The van der Waals surface area contributed by atoms with E-state index in [1.165, 1.54) is 11.4 Å². The highest BCUT2D eigenvalue weighted by Crippen LogP contribution is 2.29. The van der Waals surface area contributed by atoms with Crippen LogP contribution in [0.3, 0.4) is 0 Å². The lowest BCUT2D eigenvalue weighted by molar-refractivity contribution is 0.122. The Hall–Kier alpha value is -3.89. The van der Waals surface area contributed by atoms with Crippen molar-refractivity contribution in [1.29, 1.82) is 0 Å². The summed E-state index contributed by atoms with van der Waals surface area (Å²) in [5.41, 5.74) is 5.79. The molecule has 6 rings (SSSR count). The summed E-state index contributed by atoms with van der Waals surface area (Å²) in [5.74, 6) is 1.19. The van der Waals surface area contributed by atoms with Gasteiger partial charge in [0.25, 0.3) is 0 Å². The minimum atomic E-state index is 0.219. The van der Waals surface area contributed by atoms with E-state index in [0.29, 0.717) is 11.8 Å². The van der Waals surface area contributed by atoms with E-state index in [0.717, 1.165) is 75.1 Å². The van der Waals surface area contributed by atoms with E-state index in [9.17, 15) is 0 Å². The van der Waals surface area contributed by atoms with Crippen LogP contribution in [0.2, 0.25) is 0 Å². The number of hydrogen-bond donors (Lipinski definition) is 2. The fourth-order valence-electron chi connectivity index (χ4n) is 4.86. The van der Waals surface area contributed by atoms with E-state index in [-0.39, 0.29) is 6.04 Å². The molecule has 10 nitrogen and oxygen atoms in total. The Labute approximate surface area is 222 Å². The highest BCUT2D eigenvalue weighted by molar-refractivity contribution is 5.87. The molecular formula is C28H34N8O2. The Balaban J connectivity index is 1.26. The molecule has 2 fully saturated rings. The Kier molecular flexibility index (Phi) is 6.98. The zero-order valence-electron chi connectivity index (χ0n) is 21.9. The molecule has 0 amide bonds. The molecule has 4 aromatic rings. The van der Waals surface area contributed by atoms with Gasteiger partial charge in [0.2, 0.25) is 5.95 Å². The van der Waals surface area contributed by atoms with E-state index in [4.69, 9.17) is 19.4 Å². The van der Waals surface area contributed by atoms with Gasteiger partial charge in [-0.2, -0.15) is 9.97 Å². The van der Waals surface area contributed by atoms with E-state index < -0.39 is 0 Å². The molecule has 2 saturated heterocycles. The number of aromatic nitrogens is 4. The molecule has 0 atom stereocenters. The number of nitrogens with zero attached hydrogens (tertiary/aromatic N) is 6. The maximum absolute atomic E-state index is 5.48. The summed E-state index contributed by atoms with van der Waals surface area (Å²) in [6, 6.07) is 17.0. The summed E-state index contributed by atoms with van der Waals surface area (Å²) in [5, 5.41) is 6.87. The van der Waals surface area contributed by atoms with Gasteiger partial charge in [0.1, 0.15) is 0 Å². The van der Waals surface area contributed by atoms with Crippen LogP contribution in [0.4, 0.5) is 34.5 Å². The third-order valence-electron chi connectivity index (χ3n) is 6.98. The summed E-state index contributed by atoms with van der Waals surface area (Å²) in [6.07, 6.45) is 1.83. The van der Waals surface area contributed by atoms with Gasteiger partial charge >= 0.3 is 0 Å². The number of morpholine rings is 2. The number of rotatable bonds is 7. The van der Waals surface area contributed by atoms with E-state index in [2.05, 4.69) is 92.4 Å². The molecule has 198 valence electrons. The summed E-state index contributed by atoms with van der Waals surface area (Å²) < 4.78 is 13.0. The van der Waals surface area contributed by atoms with Crippen molar-refractivity contribution in [3.05, 3.63) is 54.9 Å². The van der Waals surface area contributed by atoms with Gasteiger partial charge in [-0.3, -0.25) is 0 Å². The lowest BCUT2D eigenvalue weighted by Crippen LogP contribution is -2.36. The number of imidazole rings is 1. The molecule has 2 aliphatic heterocycles. The Morgan fingerprint density at radius 2 is 1.24 bits per heavy atom. The van der Waals surface area contributed by atoms with Gasteiger partial charge in [0, 0.05) is 55.0 Å². The third kappa shape index (κ3) is 5.23. The normalized spacial score (nSPS) is 16.3. The largest absolute Gasteiger partial charge is 0.378 e. The van der Waals surface area contributed by atoms with Gasteiger partial charge in [-0.05, 0) is 62.4 Å². The predicted octanol–water partition coefficient (Wildman–Crippen LogP) is 4.57. The molecule has 4 heterocycles. The first-order valence-corrected chi connectivity index (χ1v) is 13.3. The van der Waals surface area contributed by atoms with Crippen LogP contribution in [0.15, 0.2) is 54.9 Å². The Morgan fingerprint density at radius 1 is 0.711 bits per heavy atom. The smallest absolute Gasteiger partial charge is 0.231 e. The molecule has 0 radical (unpaired) electrons. The zero-order valence-corrected chi connectivity index (χ0v) is 21.9. The maximum Gasteiger partial charge on any atom is 0.231 e.